The molecule has 5 nitrogen and oxygen atoms in total. The summed E-state index contributed by atoms with van der Waals surface area (Å²) in [6.07, 6.45) is 1.55. The SMILES string of the molecule is O=C1NN(c2ccccc2)C(=O)/C1=C\c1cccc(OCc2ccc(Cl)c(Cl)c2)c1. The molecule has 0 atom stereocenters. The molecule has 150 valence electrons. The Morgan fingerprint density at radius 2 is 1.70 bits per heavy atom. The molecule has 30 heavy (non-hydrogen) atoms. The van der Waals surface area contributed by atoms with Crippen molar-refractivity contribution in [3.05, 3.63) is 99.5 Å². The van der Waals surface area contributed by atoms with E-state index in [4.69, 9.17) is 27.9 Å². The lowest BCUT2D eigenvalue weighted by molar-refractivity contribution is -0.117. The molecule has 7 heteroatoms. The number of hydrazine groups is 1. The van der Waals surface area contributed by atoms with Crippen LogP contribution in [-0.4, -0.2) is 11.8 Å². The number of carbonyl (C=O) groups is 2. The number of para-hydroxylation sites is 1. The number of rotatable bonds is 5. The lowest BCUT2D eigenvalue weighted by Crippen LogP contribution is -2.35. The molecule has 0 aliphatic carbocycles. The molecule has 3 aromatic carbocycles. The van der Waals surface area contributed by atoms with E-state index in [1.54, 1.807) is 66.7 Å². The standard InChI is InChI=1S/C23H16Cl2N2O3/c24-20-10-9-16(13-21(20)25)14-30-18-8-4-5-15(11-18)12-19-22(28)26-27(23(19)29)17-6-2-1-3-7-17/h1-13H,14H2,(H,26,28)/b19-12-. The largest absolute Gasteiger partial charge is 0.489 e. The number of anilines is 1. The predicted octanol–water partition coefficient (Wildman–Crippen LogP) is 5.03. The molecular formula is C23H16Cl2N2O3. The number of amides is 2. The molecule has 0 spiro atoms. The summed E-state index contributed by atoms with van der Waals surface area (Å²) < 4.78 is 5.81. The molecule has 4 rings (SSSR count). The Hall–Kier alpha value is -3.28. The number of halogens is 2. The Morgan fingerprint density at radius 1 is 0.900 bits per heavy atom. The van der Waals surface area contributed by atoms with E-state index in [0.717, 1.165) is 5.56 Å². The third kappa shape index (κ3) is 4.32. The monoisotopic (exact) mass is 438 g/mol. The van der Waals surface area contributed by atoms with Gasteiger partial charge in [-0.15, -0.1) is 0 Å². The first-order chi connectivity index (χ1) is 14.5. The summed E-state index contributed by atoms with van der Waals surface area (Å²) in [5.74, 6) is -0.263. The van der Waals surface area contributed by atoms with Crippen molar-refractivity contribution in [3.63, 3.8) is 0 Å². The lowest BCUT2D eigenvalue weighted by Gasteiger charge is -2.13. The van der Waals surface area contributed by atoms with Crippen molar-refractivity contribution in [1.82, 2.24) is 5.43 Å². The second kappa shape index (κ2) is 8.61. The molecule has 1 fully saturated rings. The van der Waals surface area contributed by atoms with Gasteiger partial charge in [0.2, 0.25) is 0 Å². The number of ether oxygens (including phenoxy) is 1. The van der Waals surface area contributed by atoms with Crippen molar-refractivity contribution in [1.29, 1.82) is 0 Å². The van der Waals surface area contributed by atoms with Crippen molar-refractivity contribution in [2.24, 2.45) is 0 Å². The van der Waals surface area contributed by atoms with E-state index in [1.807, 2.05) is 12.1 Å². The number of benzene rings is 3. The molecule has 1 aliphatic rings. The highest BCUT2D eigenvalue weighted by Crippen LogP contribution is 2.25. The summed E-state index contributed by atoms with van der Waals surface area (Å²) in [4.78, 5) is 25.0. The van der Waals surface area contributed by atoms with Crippen molar-refractivity contribution < 1.29 is 14.3 Å². The number of nitrogens with one attached hydrogen (secondary N) is 1. The van der Waals surface area contributed by atoms with Crippen LogP contribution in [0.2, 0.25) is 10.0 Å². The van der Waals surface area contributed by atoms with E-state index >= 15 is 0 Å². The van der Waals surface area contributed by atoms with Gasteiger partial charge in [-0.25, -0.2) is 5.01 Å². The Balaban J connectivity index is 1.50. The van der Waals surface area contributed by atoms with E-state index in [-0.39, 0.29) is 5.57 Å². The fraction of sp³-hybridized carbons (Fsp3) is 0.0435. The molecule has 0 aromatic heterocycles. The van der Waals surface area contributed by atoms with Crippen molar-refractivity contribution >= 4 is 46.8 Å². The Morgan fingerprint density at radius 3 is 2.47 bits per heavy atom. The third-order valence-corrected chi connectivity index (χ3v) is 5.20. The fourth-order valence-electron chi connectivity index (χ4n) is 2.97. The van der Waals surface area contributed by atoms with Gasteiger partial charge in [-0.05, 0) is 53.6 Å². The van der Waals surface area contributed by atoms with Gasteiger partial charge in [0.15, 0.2) is 0 Å². The van der Waals surface area contributed by atoms with Crippen molar-refractivity contribution in [2.75, 3.05) is 5.01 Å². The van der Waals surface area contributed by atoms with Gasteiger partial charge in [0.1, 0.15) is 17.9 Å². The molecule has 1 N–H and O–H groups in total. The maximum absolute atomic E-state index is 12.7. The molecule has 0 saturated carbocycles. The third-order valence-electron chi connectivity index (χ3n) is 4.46. The highest BCUT2D eigenvalue weighted by molar-refractivity contribution is 6.42. The number of carbonyl (C=O) groups excluding carboxylic acids is 2. The van der Waals surface area contributed by atoms with Gasteiger partial charge in [0.05, 0.1) is 15.7 Å². The van der Waals surface area contributed by atoms with Gasteiger partial charge in [0.25, 0.3) is 11.8 Å². The first kappa shape index (κ1) is 20.0. The van der Waals surface area contributed by atoms with Crippen LogP contribution in [0.5, 0.6) is 5.75 Å². The predicted molar refractivity (Wildman–Crippen MR) is 117 cm³/mol. The smallest absolute Gasteiger partial charge is 0.282 e. The zero-order valence-electron chi connectivity index (χ0n) is 15.6. The average molecular weight is 439 g/mol. The summed E-state index contributed by atoms with van der Waals surface area (Å²) in [6.45, 7) is 0.304. The van der Waals surface area contributed by atoms with E-state index in [1.165, 1.54) is 5.01 Å². The lowest BCUT2D eigenvalue weighted by atomic mass is 10.1. The van der Waals surface area contributed by atoms with Gasteiger partial charge in [-0.2, -0.15) is 0 Å². The molecule has 2 amide bonds. The zero-order valence-corrected chi connectivity index (χ0v) is 17.2. The Labute approximate surface area is 183 Å². The maximum Gasteiger partial charge on any atom is 0.282 e. The average Bonchev–Trinajstić information content (AvgIpc) is 3.04. The van der Waals surface area contributed by atoms with E-state index < -0.39 is 11.8 Å². The van der Waals surface area contributed by atoms with Gasteiger partial charge < -0.3 is 4.74 Å². The van der Waals surface area contributed by atoms with Crippen LogP contribution < -0.4 is 15.2 Å². The van der Waals surface area contributed by atoms with Gasteiger partial charge in [-0.3, -0.25) is 15.0 Å². The molecule has 0 bridgehead atoms. The Bertz CT molecular complexity index is 1150. The second-order valence-electron chi connectivity index (χ2n) is 6.58. The molecule has 1 aliphatic heterocycles. The fourth-order valence-corrected chi connectivity index (χ4v) is 3.29. The van der Waals surface area contributed by atoms with Crippen LogP contribution in [0.3, 0.4) is 0 Å². The first-order valence-corrected chi connectivity index (χ1v) is 9.86. The molecule has 0 unspecified atom stereocenters. The van der Waals surface area contributed by atoms with Crippen LogP contribution in [-0.2, 0) is 16.2 Å². The second-order valence-corrected chi connectivity index (χ2v) is 7.40. The summed E-state index contributed by atoms with van der Waals surface area (Å²) in [6, 6.07) is 21.4. The van der Waals surface area contributed by atoms with Crippen LogP contribution in [0.1, 0.15) is 11.1 Å². The molecule has 1 heterocycles. The number of hydrogen-bond acceptors (Lipinski definition) is 3. The van der Waals surface area contributed by atoms with E-state index in [0.29, 0.717) is 33.7 Å². The van der Waals surface area contributed by atoms with Crippen LogP contribution in [0, 0.1) is 0 Å². The molecular weight excluding hydrogens is 423 g/mol. The van der Waals surface area contributed by atoms with Gasteiger partial charge >= 0.3 is 0 Å². The highest BCUT2D eigenvalue weighted by Gasteiger charge is 2.34. The van der Waals surface area contributed by atoms with Crippen LogP contribution >= 0.6 is 23.2 Å². The normalized spacial score (nSPS) is 14.9. The maximum atomic E-state index is 12.7. The van der Waals surface area contributed by atoms with E-state index in [2.05, 4.69) is 5.43 Å². The van der Waals surface area contributed by atoms with Gasteiger partial charge in [0, 0.05) is 0 Å². The topological polar surface area (TPSA) is 58.6 Å². The summed E-state index contributed by atoms with van der Waals surface area (Å²) >= 11 is 12.0. The summed E-state index contributed by atoms with van der Waals surface area (Å²) in [5.41, 5.74) is 4.78. The van der Waals surface area contributed by atoms with Crippen LogP contribution in [0.4, 0.5) is 5.69 Å². The van der Waals surface area contributed by atoms with Crippen molar-refractivity contribution in [3.8, 4) is 5.75 Å². The summed E-state index contributed by atoms with van der Waals surface area (Å²) in [5, 5.41) is 2.18. The molecule has 3 aromatic rings. The quantitative estimate of drug-likeness (QED) is 0.448. The molecule has 0 radical (unpaired) electrons. The first-order valence-electron chi connectivity index (χ1n) is 9.10. The number of hydrogen-bond donors (Lipinski definition) is 1. The Kier molecular flexibility index (Phi) is 5.74. The molecule has 1 saturated heterocycles. The zero-order chi connectivity index (χ0) is 21.1. The van der Waals surface area contributed by atoms with Gasteiger partial charge in [-0.1, -0.05) is 59.6 Å². The number of nitrogens with zero attached hydrogens (tertiary/aromatic N) is 1. The van der Waals surface area contributed by atoms with Crippen LogP contribution in [0.25, 0.3) is 6.08 Å². The summed E-state index contributed by atoms with van der Waals surface area (Å²) in [7, 11) is 0. The minimum absolute atomic E-state index is 0.0560. The minimum Gasteiger partial charge on any atom is -0.489 e. The van der Waals surface area contributed by atoms with Crippen molar-refractivity contribution in [2.45, 2.75) is 6.61 Å². The van der Waals surface area contributed by atoms with Crippen LogP contribution in [0.15, 0.2) is 78.4 Å². The van der Waals surface area contributed by atoms with E-state index in [9.17, 15) is 9.59 Å². The highest BCUT2D eigenvalue weighted by atomic mass is 35.5. The minimum atomic E-state index is -0.453.